The quantitative estimate of drug-likeness (QED) is 0.697. The molecule has 0 fully saturated rings. The predicted octanol–water partition coefficient (Wildman–Crippen LogP) is 3.96. The van der Waals surface area contributed by atoms with Gasteiger partial charge in [-0.05, 0) is 19.3 Å². The summed E-state index contributed by atoms with van der Waals surface area (Å²) >= 11 is 6.21. The molecular weight excluding hydrogens is 222 g/mol. The van der Waals surface area contributed by atoms with E-state index in [1.807, 2.05) is 18.2 Å². The molecule has 3 heteroatoms. The van der Waals surface area contributed by atoms with E-state index in [0.29, 0.717) is 0 Å². The molecule has 0 N–H and O–H groups in total. The first-order valence-electron chi connectivity index (χ1n) is 5.54. The smallest absolute Gasteiger partial charge is 0.158 e. The summed E-state index contributed by atoms with van der Waals surface area (Å²) in [5, 5.41) is 4.15. The molecule has 0 spiro atoms. The molecule has 1 aliphatic carbocycles. The first-order chi connectivity index (χ1) is 7.86. The van der Waals surface area contributed by atoms with E-state index >= 15 is 0 Å². The Balaban J connectivity index is 2.10. The van der Waals surface area contributed by atoms with Gasteiger partial charge in [0.05, 0.1) is 5.38 Å². The molecule has 0 saturated carbocycles. The Kier molecular flexibility index (Phi) is 2.44. The molecule has 82 valence electrons. The highest BCUT2D eigenvalue weighted by Gasteiger charge is 2.26. The van der Waals surface area contributed by atoms with E-state index in [0.717, 1.165) is 36.3 Å². The molecule has 2 nitrogen and oxygen atoms in total. The van der Waals surface area contributed by atoms with E-state index in [1.54, 1.807) is 0 Å². The van der Waals surface area contributed by atoms with Gasteiger partial charge < -0.3 is 4.52 Å². The zero-order valence-electron chi connectivity index (χ0n) is 8.82. The maximum absolute atomic E-state index is 6.21. The number of hydrogen-bond acceptors (Lipinski definition) is 2. The Labute approximate surface area is 99.2 Å². The summed E-state index contributed by atoms with van der Waals surface area (Å²) < 4.78 is 5.37. The van der Waals surface area contributed by atoms with Gasteiger partial charge in [0.1, 0.15) is 5.69 Å². The van der Waals surface area contributed by atoms with Gasteiger partial charge in [-0.15, -0.1) is 11.6 Å². The molecule has 1 heterocycles. The van der Waals surface area contributed by atoms with Gasteiger partial charge in [0.25, 0.3) is 0 Å². The monoisotopic (exact) mass is 233 g/mol. The first-order valence-corrected chi connectivity index (χ1v) is 5.98. The number of nitrogens with zero attached hydrogens (tertiary/aromatic N) is 1. The van der Waals surface area contributed by atoms with Gasteiger partial charge in [-0.25, -0.2) is 0 Å². The van der Waals surface area contributed by atoms with Gasteiger partial charge in [-0.2, -0.15) is 0 Å². The van der Waals surface area contributed by atoms with E-state index in [2.05, 4.69) is 17.3 Å². The van der Waals surface area contributed by atoms with Crippen LogP contribution in [-0.4, -0.2) is 5.16 Å². The van der Waals surface area contributed by atoms with Crippen molar-refractivity contribution in [2.75, 3.05) is 0 Å². The molecule has 0 bridgehead atoms. The highest BCUT2D eigenvalue weighted by Crippen LogP contribution is 2.39. The number of aromatic nitrogens is 1. The third-order valence-electron chi connectivity index (χ3n) is 3.03. The number of hydrogen-bond donors (Lipinski definition) is 0. The summed E-state index contributed by atoms with van der Waals surface area (Å²) in [6.45, 7) is 0. The molecule has 1 aliphatic rings. The van der Waals surface area contributed by atoms with E-state index in [-0.39, 0.29) is 5.38 Å². The zero-order chi connectivity index (χ0) is 11.0. The first kappa shape index (κ1) is 9.91. The van der Waals surface area contributed by atoms with E-state index in [1.165, 1.54) is 5.56 Å². The standard InChI is InChI=1S/C13H12ClNO/c14-11-8-4-7-10-12(15-16-13(10)11)9-5-2-1-3-6-9/h1-3,5-6,11H,4,7-8H2. The van der Waals surface area contributed by atoms with Crippen molar-refractivity contribution in [1.82, 2.24) is 5.16 Å². The van der Waals surface area contributed by atoms with Crippen LogP contribution < -0.4 is 0 Å². The van der Waals surface area contributed by atoms with Gasteiger partial charge in [0.2, 0.25) is 0 Å². The lowest BCUT2D eigenvalue weighted by Crippen LogP contribution is -2.02. The van der Waals surface area contributed by atoms with Gasteiger partial charge in [-0.1, -0.05) is 35.5 Å². The van der Waals surface area contributed by atoms with Crippen LogP contribution in [-0.2, 0) is 6.42 Å². The number of benzene rings is 1. The Morgan fingerprint density at radius 3 is 2.88 bits per heavy atom. The maximum atomic E-state index is 6.21. The molecule has 0 radical (unpaired) electrons. The fourth-order valence-corrected chi connectivity index (χ4v) is 2.55. The van der Waals surface area contributed by atoms with Gasteiger partial charge in [-0.3, -0.25) is 0 Å². The van der Waals surface area contributed by atoms with Crippen LogP contribution >= 0.6 is 11.6 Å². The van der Waals surface area contributed by atoms with Crippen molar-refractivity contribution in [3.63, 3.8) is 0 Å². The lowest BCUT2D eigenvalue weighted by Gasteiger charge is -2.14. The fourth-order valence-electron chi connectivity index (χ4n) is 2.22. The summed E-state index contributed by atoms with van der Waals surface area (Å²) in [6, 6.07) is 10.1. The van der Waals surface area contributed by atoms with Gasteiger partial charge >= 0.3 is 0 Å². The summed E-state index contributed by atoms with van der Waals surface area (Å²) in [5.41, 5.74) is 3.26. The second-order valence-electron chi connectivity index (χ2n) is 4.10. The Morgan fingerprint density at radius 1 is 1.25 bits per heavy atom. The predicted molar refractivity (Wildman–Crippen MR) is 63.5 cm³/mol. The van der Waals surface area contributed by atoms with Crippen molar-refractivity contribution in [3.05, 3.63) is 41.7 Å². The lowest BCUT2D eigenvalue weighted by molar-refractivity contribution is 0.369. The highest BCUT2D eigenvalue weighted by molar-refractivity contribution is 6.20. The minimum atomic E-state index is -0.00582. The van der Waals surface area contributed by atoms with Crippen molar-refractivity contribution >= 4 is 11.6 Å². The van der Waals surface area contributed by atoms with Crippen molar-refractivity contribution in [2.45, 2.75) is 24.6 Å². The minimum Gasteiger partial charge on any atom is -0.359 e. The number of rotatable bonds is 1. The SMILES string of the molecule is ClC1CCCc2c(-c3ccccc3)noc21. The van der Waals surface area contributed by atoms with Crippen LogP contribution in [0.4, 0.5) is 0 Å². The molecule has 1 aromatic heterocycles. The van der Waals surface area contributed by atoms with E-state index < -0.39 is 0 Å². The molecule has 0 amide bonds. The molecule has 3 rings (SSSR count). The number of alkyl halides is 1. The summed E-state index contributed by atoms with van der Waals surface area (Å²) in [6.07, 6.45) is 3.12. The van der Waals surface area contributed by atoms with E-state index in [9.17, 15) is 0 Å². The van der Waals surface area contributed by atoms with Crippen LogP contribution in [0.2, 0.25) is 0 Å². The van der Waals surface area contributed by atoms with Gasteiger partial charge in [0.15, 0.2) is 5.76 Å². The Bertz CT molecular complexity index is 492. The summed E-state index contributed by atoms with van der Waals surface area (Å²) in [7, 11) is 0. The largest absolute Gasteiger partial charge is 0.359 e. The molecule has 1 atom stereocenters. The second kappa shape index (κ2) is 3.95. The lowest BCUT2D eigenvalue weighted by atomic mass is 9.94. The Hall–Kier alpha value is -1.28. The third-order valence-corrected chi connectivity index (χ3v) is 3.45. The van der Waals surface area contributed by atoms with Crippen LogP contribution in [0.15, 0.2) is 34.9 Å². The van der Waals surface area contributed by atoms with Crippen LogP contribution in [0.3, 0.4) is 0 Å². The summed E-state index contributed by atoms with van der Waals surface area (Å²) in [5.74, 6) is 0.867. The van der Waals surface area contributed by atoms with Gasteiger partial charge in [0, 0.05) is 11.1 Å². The van der Waals surface area contributed by atoms with Crippen LogP contribution in [0.25, 0.3) is 11.3 Å². The van der Waals surface area contributed by atoms with Crippen LogP contribution in [0, 0.1) is 0 Å². The van der Waals surface area contributed by atoms with Crippen molar-refractivity contribution in [1.29, 1.82) is 0 Å². The summed E-state index contributed by atoms with van der Waals surface area (Å²) in [4.78, 5) is 0. The van der Waals surface area contributed by atoms with Crippen molar-refractivity contribution in [2.24, 2.45) is 0 Å². The second-order valence-corrected chi connectivity index (χ2v) is 4.63. The van der Waals surface area contributed by atoms with Crippen LogP contribution in [0.5, 0.6) is 0 Å². The van der Waals surface area contributed by atoms with Crippen LogP contribution in [0.1, 0.15) is 29.5 Å². The zero-order valence-corrected chi connectivity index (χ0v) is 9.57. The average Bonchev–Trinajstić information content (AvgIpc) is 2.75. The van der Waals surface area contributed by atoms with Crippen molar-refractivity contribution < 1.29 is 4.52 Å². The fraction of sp³-hybridized carbons (Fsp3) is 0.308. The maximum Gasteiger partial charge on any atom is 0.158 e. The van der Waals surface area contributed by atoms with E-state index in [4.69, 9.17) is 16.1 Å². The molecule has 0 saturated heterocycles. The topological polar surface area (TPSA) is 26.0 Å². The third kappa shape index (κ3) is 1.54. The number of halogens is 1. The Morgan fingerprint density at radius 2 is 2.06 bits per heavy atom. The molecule has 1 unspecified atom stereocenters. The molecular formula is C13H12ClNO. The van der Waals surface area contributed by atoms with Crippen molar-refractivity contribution in [3.8, 4) is 11.3 Å². The molecule has 1 aromatic carbocycles. The highest BCUT2D eigenvalue weighted by atomic mass is 35.5. The minimum absolute atomic E-state index is 0.00582. The number of fused-ring (bicyclic) bond motifs is 1. The molecule has 0 aliphatic heterocycles. The molecule has 2 aromatic rings. The molecule has 16 heavy (non-hydrogen) atoms. The normalized spacial score (nSPS) is 19.4. The average molecular weight is 234 g/mol.